The van der Waals surface area contributed by atoms with Crippen molar-refractivity contribution in [3.8, 4) is 22.8 Å². The van der Waals surface area contributed by atoms with Crippen LogP contribution in [-0.4, -0.2) is 68.3 Å². The minimum absolute atomic E-state index is 0.0520. The molecule has 0 radical (unpaired) electrons. The Morgan fingerprint density at radius 1 is 1.16 bits per heavy atom. The molecular formula is C27H30N8O3. The average Bonchev–Trinajstić information content (AvgIpc) is 3.59. The van der Waals surface area contributed by atoms with Crippen LogP contribution in [0.1, 0.15) is 23.7 Å². The molecule has 1 amide bonds. The van der Waals surface area contributed by atoms with Crippen molar-refractivity contribution in [3.05, 3.63) is 78.2 Å². The molecule has 0 saturated carbocycles. The zero-order valence-electron chi connectivity index (χ0n) is 21.6. The maximum absolute atomic E-state index is 12.3. The normalized spacial score (nSPS) is 15.3. The summed E-state index contributed by atoms with van der Waals surface area (Å²) >= 11 is 0. The van der Waals surface area contributed by atoms with Crippen molar-refractivity contribution in [1.29, 1.82) is 0 Å². The number of amides is 1. The van der Waals surface area contributed by atoms with Crippen LogP contribution in [0.15, 0.2) is 71.0 Å². The third-order valence-corrected chi connectivity index (χ3v) is 6.13. The molecule has 11 heteroatoms. The SMILES string of the molecule is C=Cn1ccc(CNc2nccc(-c3cccc(-c4cc(C5CCN(C)C5=O)on4)n3)n2)cc1=NC.CO. The van der Waals surface area contributed by atoms with Crippen LogP contribution in [0.4, 0.5) is 5.95 Å². The van der Waals surface area contributed by atoms with E-state index in [1.165, 1.54) is 0 Å². The third kappa shape index (κ3) is 5.68. The Hall–Kier alpha value is -4.64. The number of anilines is 1. The van der Waals surface area contributed by atoms with Crippen LogP contribution in [0, 0.1) is 0 Å². The number of aromatic nitrogens is 5. The van der Waals surface area contributed by atoms with Crippen molar-refractivity contribution in [2.45, 2.75) is 18.9 Å². The lowest BCUT2D eigenvalue weighted by molar-refractivity contribution is -0.128. The van der Waals surface area contributed by atoms with Gasteiger partial charge >= 0.3 is 0 Å². The predicted molar refractivity (Wildman–Crippen MR) is 144 cm³/mol. The second kappa shape index (κ2) is 12.1. The topological polar surface area (TPSA) is 135 Å². The number of aliphatic hydroxyl groups excluding tert-OH is 1. The van der Waals surface area contributed by atoms with E-state index in [1.807, 2.05) is 47.2 Å². The molecular weight excluding hydrogens is 484 g/mol. The van der Waals surface area contributed by atoms with Crippen molar-refractivity contribution in [2.24, 2.45) is 4.99 Å². The van der Waals surface area contributed by atoms with Crippen LogP contribution in [0.5, 0.6) is 0 Å². The highest BCUT2D eigenvalue weighted by molar-refractivity contribution is 5.85. The van der Waals surface area contributed by atoms with Crippen LogP contribution in [0.25, 0.3) is 29.0 Å². The van der Waals surface area contributed by atoms with Crippen LogP contribution in [0.3, 0.4) is 0 Å². The second-order valence-electron chi connectivity index (χ2n) is 8.45. The summed E-state index contributed by atoms with van der Waals surface area (Å²) in [5.41, 5.74) is 4.42. The number of nitrogens with one attached hydrogen (secondary N) is 1. The van der Waals surface area contributed by atoms with Crippen LogP contribution < -0.4 is 10.8 Å². The van der Waals surface area contributed by atoms with Gasteiger partial charge in [-0.05, 0) is 42.3 Å². The summed E-state index contributed by atoms with van der Waals surface area (Å²) in [6, 6.07) is 13.2. The van der Waals surface area contributed by atoms with Gasteiger partial charge in [0.2, 0.25) is 11.9 Å². The minimum Gasteiger partial charge on any atom is -0.400 e. The Labute approximate surface area is 220 Å². The van der Waals surface area contributed by atoms with Crippen molar-refractivity contribution in [2.75, 3.05) is 33.1 Å². The molecule has 1 aliphatic heterocycles. The molecule has 4 aromatic heterocycles. The Kier molecular flexibility index (Phi) is 8.39. The van der Waals surface area contributed by atoms with Crippen molar-refractivity contribution < 1.29 is 14.4 Å². The number of pyridine rings is 2. The molecule has 0 bridgehead atoms. The Morgan fingerprint density at radius 2 is 1.92 bits per heavy atom. The fourth-order valence-corrected chi connectivity index (χ4v) is 4.13. The van der Waals surface area contributed by atoms with Gasteiger partial charge in [0.15, 0.2) is 0 Å². The molecule has 38 heavy (non-hydrogen) atoms. The van der Waals surface area contributed by atoms with Crippen LogP contribution >= 0.6 is 0 Å². The molecule has 5 rings (SSSR count). The largest absolute Gasteiger partial charge is 0.400 e. The summed E-state index contributed by atoms with van der Waals surface area (Å²) in [6.45, 7) is 5.04. The molecule has 1 unspecified atom stereocenters. The summed E-state index contributed by atoms with van der Waals surface area (Å²) in [4.78, 5) is 32.0. The van der Waals surface area contributed by atoms with Gasteiger partial charge in [0.1, 0.15) is 22.9 Å². The van der Waals surface area contributed by atoms with E-state index in [0.29, 0.717) is 47.6 Å². The summed E-state index contributed by atoms with van der Waals surface area (Å²) in [5, 5.41) is 14.4. The number of rotatable bonds is 7. The van der Waals surface area contributed by atoms with Gasteiger partial charge in [-0.2, -0.15) is 0 Å². The number of hydrogen-bond acceptors (Lipinski definition) is 9. The molecule has 0 aliphatic carbocycles. The lowest BCUT2D eigenvalue weighted by Gasteiger charge is -2.08. The first-order valence-corrected chi connectivity index (χ1v) is 12.0. The van der Waals surface area contributed by atoms with Gasteiger partial charge in [0.25, 0.3) is 0 Å². The standard InChI is InChI=1S/C26H26N8O2.CH4O/c1-4-34-13-9-17(14-24(34)27-2)16-29-26-28-11-8-21(31-26)19-6-5-7-20(30-19)22-15-23(36-32-22)18-10-12-33(3)25(18)35;1-2/h4-9,11,13-15,18H,1,10,12,16H2,2-3H3,(H,28,29,31);2H,1H3. The smallest absolute Gasteiger partial charge is 0.233 e. The van der Waals surface area contributed by atoms with E-state index >= 15 is 0 Å². The van der Waals surface area contributed by atoms with Gasteiger partial charge in [0, 0.05) is 59.0 Å². The maximum atomic E-state index is 12.3. The van der Waals surface area contributed by atoms with E-state index < -0.39 is 0 Å². The van der Waals surface area contributed by atoms with E-state index in [9.17, 15) is 4.79 Å². The fraction of sp³-hybridized carbons (Fsp3) is 0.259. The summed E-state index contributed by atoms with van der Waals surface area (Å²) < 4.78 is 7.35. The number of carbonyl (C=O) groups excluding carboxylic acids is 1. The van der Waals surface area contributed by atoms with E-state index in [-0.39, 0.29) is 11.8 Å². The van der Waals surface area contributed by atoms with Gasteiger partial charge in [0.05, 0.1) is 17.1 Å². The second-order valence-corrected chi connectivity index (χ2v) is 8.45. The molecule has 1 fully saturated rings. The minimum atomic E-state index is -0.288. The lowest BCUT2D eigenvalue weighted by Crippen LogP contribution is -2.21. The summed E-state index contributed by atoms with van der Waals surface area (Å²) in [7, 11) is 4.54. The Bertz CT molecular complexity index is 1490. The van der Waals surface area contributed by atoms with Gasteiger partial charge < -0.3 is 24.4 Å². The number of likely N-dealkylation sites (N-methyl/N-ethyl adjacent to an activating group) is 1. The third-order valence-electron chi connectivity index (χ3n) is 6.13. The van der Waals surface area contributed by atoms with Gasteiger partial charge in [-0.25, -0.2) is 15.0 Å². The Morgan fingerprint density at radius 3 is 2.63 bits per heavy atom. The molecule has 1 saturated heterocycles. The monoisotopic (exact) mass is 514 g/mol. The lowest BCUT2D eigenvalue weighted by atomic mass is 10.0. The number of carbonyl (C=O) groups is 1. The quantitative estimate of drug-likeness (QED) is 0.384. The van der Waals surface area contributed by atoms with Crippen molar-refractivity contribution >= 4 is 18.1 Å². The fourth-order valence-electron chi connectivity index (χ4n) is 4.13. The highest BCUT2D eigenvalue weighted by Crippen LogP contribution is 2.30. The Balaban J connectivity index is 0.00000164. The average molecular weight is 515 g/mol. The zero-order valence-corrected chi connectivity index (χ0v) is 21.6. The van der Waals surface area contributed by atoms with Crippen molar-refractivity contribution in [3.63, 3.8) is 0 Å². The molecule has 1 atom stereocenters. The van der Waals surface area contributed by atoms with Gasteiger partial charge in [-0.3, -0.25) is 9.79 Å². The first-order valence-electron chi connectivity index (χ1n) is 12.0. The van der Waals surface area contributed by atoms with E-state index in [2.05, 4.69) is 32.0 Å². The van der Waals surface area contributed by atoms with E-state index in [4.69, 9.17) is 14.6 Å². The molecule has 4 aromatic rings. The highest BCUT2D eigenvalue weighted by Gasteiger charge is 2.33. The van der Waals surface area contributed by atoms with Crippen LogP contribution in [-0.2, 0) is 11.3 Å². The number of likely N-dealkylation sites (tertiary alicyclic amines) is 1. The molecule has 1 aliphatic rings. The number of hydrogen-bond donors (Lipinski definition) is 2. The molecule has 11 nitrogen and oxygen atoms in total. The zero-order chi connectivity index (χ0) is 27.1. The molecule has 2 N–H and O–H groups in total. The van der Waals surface area contributed by atoms with Crippen LogP contribution in [0.2, 0.25) is 0 Å². The van der Waals surface area contributed by atoms with Gasteiger partial charge in [-0.15, -0.1) is 0 Å². The predicted octanol–water partition coefficient (Wildman–Crippen LogP) is 2.79. The van der Waals surface area contributed by atoms with E-state index in [0.717, 1.165) is 24.6 Å². The highest BCUT2D eigenvalue weighted by atomic mass is 16.5. The summed E-state index contributed by atoms with van der Waals surface area (Å²) in [5.74, 6) is 0.820. The molecule has 196 valence electrons. The number of nitrogens with zero attached hydrogens (tertiary/aromatic N) is 7. The summed E-state index contributed by atoms with van der Waals surface area (Å²) in [6.07, 6.45) is 6.04. The first-order chi connectivity index (χ1) is 18.6. The molecule has 0 aromatic carbocycles. The maximum Gasteiger partial charge on any atom is 0.233 e. The van der Waals surface area contributed by atoms with Gasteiger partial charge in [-0.1, -0.05) is 17.8 Å². The molecule has 5 heterocycles. The van der Waals surface area contributed by atoms with E-state index in [1.54, 1.807) is 37.5 Å². The number of aliphatic hydroxyl groups is 1. The van der Waals surface area contributed by atoms with Crippen molar-refractivity contribution in [1.82, 2.24) is 29.6 Å². The molecule has 0 spiro atoms. The first kappa shape index (κ1) is 26.4.